The number of nitrogens with one attached hydrogen (secondary N) is 1. The van der Waals surface area contributed by atoms with Crippen LogP contribution in [0, 0.1) is 0 Å². The Morgan fingerprint density at radius 1 is 1.26 bits per heavy atom. The Bertz CT molecular complexity index is 374. The summed E-state index contributed by atoms with van der Waals surface area (Å²) < 4.78 is 42.5. The molecule has 0 aromatic carbocycles. The molecule has 0 amide bonds. The fourth-order valence-electron chi connectivity index (χ4n) is 1.66. The van der Waals surface area contributed by atoms with Crippen LogP contribution in [0.25, 0.3) is 0 Å². The second-order valence-corrected chi connectivity index (χ2v) is 4.82. The van der Waals surface area contributed by atoms with Gasteiger partial charge in [-0.15, -0.1) is 0 Å². The number of nitrogens with zero attached hydrogens (tertiary/aromatic N) is 1. The van der Waals surface area contributed by atoms with E-state index in [1.54, 1.807) is 19.1 Å². The number of hydrogen-bond acceptors (Lipinski definition) is 3. The van der Waals surface area contributed by atoms with Crippen molar-refractivity contribution >= 4 is 0 Å². The largest absolute Gasteiger partial charge is 0.463 e. The average Bonchev–Trinajstić information content (AvgIpc) is 2.71. The maximum Gasteiger partial charge on any atom is 0.401 e. The van der Waals surface area contributed by atoms with Crippen molar-refractivity contribution in [3.8, 4) is 0 Å². The second kappa shape index (κ2) is 6.96. The van der Waals surface area contributed by atoms with Gasteiger partial charge in [0.2, 0.25) is 0 Å². The Morgan fingerprint density at radius 3 is 2.42 bits per heavy atom. The van der Waals surface area contributed by atoms with Gasteiger partial charge in [-0.25, -0.2) is 0 Å². The van der Waals surface area contributed by atoms with Crippen molar-refractivity contribution in [3.63, 3.8) is 0 Å². The second-order valence-electron chi connectivity index (χ2n) is 4.82. The van der Waals surface area contributed by atoms with Crippen molar-refractivity contribution in [1.29, 1.82) is 0 Å². The molecule has 0 aliphatic heterocycles. The van der Waals surface area contributed by atoms with E-state index in [0.717, 1.165) is 5.76 Å². The third kappa shape index (κ3) is 6.63. The lowest BCUT2D eigenvalue weighted by atomic mass is 10.3. The van der Waals surface area contributed by atoms with E-state index in [2.05, 4.69) is 5.32 Å². The van der Waals surface area contributed by atoms with Crippen LogP contribution in [-0.2, 0) is 13.1 Å². The monoisotopic (exact) mass is 278 g/mol. The zero-order chi connectivity index (χ0) is 14.5. The highest BCUT2D eigenvalue weighted by Crippen LogP contribution is 2.18. The third-order valence-corrected chi connectivity index (χ3v) is 2.63. The van der Waals surface area contributed by atoms with E-state index in [4.69, 9.17) is 4.42 Å². The van der Waals surface area contributed by atoms with Crippen LogP contribution in [0.5, 0.6) is 0 Å². The molecule has 0 atom stereocenters. The van der Waals surface area contributed by atoms with Gasteiger partial charge in [-0.2, -0.15) is 13.2 Å². The summed E-state index contributed by atoms with van der Waals surface area (Å²) >= 11 is 0. The fourth-order valence-corrected chi connectivity index (χ4v) is 1.66. The first kappa shape index (κ1) is 16.0. The van der Waals surface area contributed by atoms with Crippen LogP contribution in [0.1, 0.15) is 32.3 Å². The Hall–Kier alpha value is -1.01. The molecule has 0 bridgehead atoms. The number of rotatable bonds is 7. The van der Waals surface area contributed by atoms with Crippen LogP contribution >= 0.6 is 0 Å². The lowest BCUT2D eigenvalue weighted by Crippen LogP contribution is -2.33. The van der Waals surface area contributed by atoms with E-state index in [-0.39, 0.29) is 6.54 Å². The summed E-state index contributed by atoms with van der Waals surface area (Å²) in [6.45, 7) is 5.93. The van der Waals surface area contributed by atoms with Gasteiger partial charge in [-0.05, 0) is 18.7 Å². The Labute approximate surface area is 111 Å². The van der Waals surface area contributed by atoms with E-state index in [0.29, 0.717) is 24.9 Å². The molecule has 1 rings (SSSR count). The molecule has 110 valence electrons. The van der Waals surface area contributed by atoms with Crippen molar-refractivity contribution in [2.75, 3.05) is 13.1 Å². The number of alkyl halides is 3. The van der Waals surface area contributed by atoms with Gasteiger partial charge in [0, 0.05) is 6.04 Å². The third-order valence-electron chi connectivity index (χ3n) is 2.63. The summed E-state index contributed by atoms with van der Waals surface area (Å²) in [6, 6.07) is 3.87. The van der Waals surface area contributed by atoms with Gasteiger partial charge < -0.3 is 9.73 Å². The molecular formula is C13H21F3N2O. The molecule has 0 spiro atoms. The molecule has 0 fully saturated rings. The molecule has 0 unspecified atom stereocenters. The quantitative estimate of drug-likeness (QED) is 0.830. The molecule has 1 aromatic heterocycles. The van der Waals surface area contributed by atoms with Crippen LogP contribution < -0.4 is 5.32 Å². The van der Waals surface area contributed by atoms with Crippen LogP contribution in [0.4, 0.5) is 13.2 Å². The van der Waals surface area contributed by atoms with E-state index in [9.17, 15) is 13.2 Å². The van der Waals surface area contributed by atoms with Crippen LogP contribution in [-0.4, -0.2) is 30.2 Å². The molecule has 19 heavy (non-hydrogen) atoms. The molecular weight excluding hydrogens is 257 g/mol. The molecule has 6 heteroatoms. The summed E-state index contributed by atoms with van der Waals surface area (Å²) in [5, 5.41) is 3.19. The van der Waals surface area contributed by atoms with Crippen molar-refractivity contribution < 1.29 is 17.6 Å². The van der Waals surface area contributed by atoms with Gasteiger partial charge in [-0.3, -0.25) is 4.90 Å². The Morgan fingerprint density at radius 2 is 1.89 bits per heavy atom. The van der Waals surface area contributed by atoms with E-state index in [1.807, 2.05) is 13.8 Å². The summed E-state index contributed by atoms with van der Waals surface area (Å²) in [5.74, 6) is 1.30. The first-order valence-electron chi connectivity index (χ1n) is 6.40. The van der Waals surface area contributed by atoms with Crippen molar-refractivity contribution in [2.45, 2.75) is 46.1 Å². The van der Waals surface area contributed by atoms with Crippen LogP contribution in [0.15, 0.2) is 16.5 Å². The average molecular weight is 278 g/mol. The standard InChI is InChI=1S/C13H21F3N2O/c1-4-18(9-13(14,15)16)8-12-6-5-11(19-12)7-17-10(2)3/h5-6,10,17H,4,7-9H2,1-3H3. The topological polar surface area (TPSA) is 28.4 Å². The first-order valence-corrected chi connectivity index (χ1v) is 6.40. The van der Waals surface area contributed by atoms with Gasteiger partial charge >= 0.3 is 6.18 Å². The van der Waals surface area contributed by atoms with Crippen molar-refractivity contribution in [2.24, 2.45) is 0 Å². The zero-order valence-corrected chi connectivity index (χ0v) is 11.5. The SMILES string of the molecule is CCN(Cc1ccc(CNC(C)C)o1)CC(F)(F)F. The molecule has 0 saturated heterocycles. The minimum absolute atomic E-state index is 0.178. The van der Waals surface area contributed by atoms with Gasteiger partial charge in [0.25, 0.3) is 0 Å². The number of hydrogen-bond donors (Lipinski definition) is 1. The van der Waals surface area contributed by atoms with Gasteiger partial charge in [0.1, 0.15) is 11.5 Å². The smallest absolute Gasteiger partial charge is 0.401 e. The van der Waals surface area contributed by atoms with Crippen molar-refractivity contribution in [3.05, 3.63) is 23.7 Å². The molecule has 0 aliphatic carbocycles. The van der Waals surface area contributed by atoms with Crippen molar-refractivity contribution in [1.82, 2.24) is 10.2 Å². The molecule has 0 aliphatic rings. The lowest BCUT2D eigenvalue weighted by molar-refractivity contribution is -0.147. The van der Waals surface area contributed by atoms with E-state index < -0.39 is 12.7 Å². The molecule has 1 N–H and O–H groups in total. The number of furan rings is 1. The predicted molar refractivity (Wildman–Crippen MR) is 67.7 cm³/mol. The molecule has 0 radical (unpaired) electrons. The highest BCUT2D eigenvalue weighted by molar-refractivity contribution is 5.07. The highest BCUT2D eigenvalue weighted by Gasteiger charge is 2.30. The zero-order valence-electron chi connectivity index (χ0n) is 11.5. The van der Waals surface area contributed by atoms with E-state index >= 15 is 0 Å². The fraction of sp³-hybridized carbons (Fsp3) is 0.692. The van der Waals surface area contributed by atoms with E-state index in [1.165, 1.54) is 4.90 Å². The minimum Gasteiger partial charge on any atom is -0.463 e. The normalized spacial score (nSPS) is 12.6. The minimum atomic E-state index is -4.18. The first-order chi connectivity index (χ1) is 8.80. The highest BCUT2D eigenvalue weighted by atomic mass is 19.4. The van der Waals surface area contributed by atoms with Gasteiger partial charge in [-0.1, -0.05) is 20.8 Å². The maximum absolute atomic E-state index is 12.3. The Kier molecular flexibility index (Phi) is 5.87. The number of halogens is 3. The molecule has 1 aromatic rings. The summed E-state index contributed by atoms with van der Waals surface area (Å²) in [6.07, 6.45) is -4.18. The van der Waals surface area contributed by atoms with Gasteiger partial charge in [0.05, 0.1) is 19.6 Å². The predicted octanol–water partition coefficient (Wildman–Crippen LogP) is 3.16. The summed E-state index contributed by atoms with van der Waals surface area (Å²) in [5.41, 5.74) is 0. The maximum atomic E-state index is 12.3. The van der Waals surface area contributed by atoms with Crippen LogP contribution in [0.2, 0.25) is 0 Å². The van der Waals surface area contributed by atoms with Gasteiger partial charge in [0.15, 0.2) is 0 Å². The summed E-state index contributed by atoms with van der Waals surface area (Å²) in [4.78, 5) is 1.30. The lowest BCUT2D eigenvalue weighted by Gasteiger charge is -2.20. The summed E-state index contributed by atoms with van der Waals surface area (Å²) in [7, 11) is 0. The molecule has 0 saturated carbocycles. The van der Waals surface area contributed by atoms with Crippen LogP contribution in [0.3, 0.4) is 0 Å². The molecule has 1 heterocycles. The Balaban J connectivity index is 2.51. The molecule has 3 nitrogen and oxygen atoms in total.